The van der Waals surface area contributed by atoms with Crippen molar-refractivity contribution in [1.29, 1.82) is 0 Å². The number of nitrogens with zero attached hydrogens (tertiary/aromatic N) is 5. The molecule has 0 fully saturated rings. The number of halogens is 1. The van der Waals surface area contributed by atoms with Gasteiger partial charge in [0, 0.05) is 19.9 Å². The Balaban J connectivity index is 2.12. The molecular formula is C12H18ClN5O. The Morgan fingerprint density at radius 3 is 2.84 bits per heavy atom. The molecule has 0 aliphatic rings. The van der Waals surface area contributed by atoms with Crippen molar-refractivity contribution in [2.45, 2.75) is 32.7 Å². The number of hydrogen-bond acceptors (Lipinski definition) is 4. The van der Waals surface area contributed by atoms with Crippen LogP contribution in [0.15, 0.2) is 6.20 Å². The smallest absolute Gasteiger partial charge is 0.0869 e. The minimum atomic E-state index is 0.167. The number of aliphatic hydroxyl groups is 1. The van der Waals surface area contributed by atoms with E-state index in [1.165, 1.54) is 0 Å². The van der Waals surface area contributed by atoms with Gasteiger partial charge in [-0.1, -0.05) is 23.7 Å². The number of rotatable bonds is 6. The summed E-state index contributed by atoms with van der Waals surface area (Å²) in [5.41, 5.74) is 2.71. The molecule has 2 aromatic heterocycles. The van der Waals surface area contributed by atoms with Crippen molar-refractivity contribution in [2.24, 2.45) is 7.05 Å². The topological polar surface area (TPSA) is 68.8 Å². The molecular weight excluding hydrogens is 266 g/mol. The molecule has 0 saturated carbocycles. The lowest BCUT2D eigenvalue weighted by atomic mass is 10.2. The lowest BCUT2D eigenvalue weighted by Crippen LogP contribution is -2.06. The fraction of sp³-hybridized carbons (Fsp3) is 0.583. The highest BCUT2D eigenvalue weighted by Gasteiger charge is 2.14. The van der Waals surface area contributed by atoms with E-state index in [1.807, 2.05) is 20.2 Å². The molecule has 7 heteroatoms. The molecule has 0 aliphatic carbocycles. The minimum absolute atomic E-state index is 0.167. The molecule has 0 saturated heterocycles. The first-order valence-corrected chi connectivity index (χ1v) is 6.73. The molecule has 0 aliphatic heterocycles. The van der Waals surface area contributed by atoms with Gasteiger partial charge in [0.25, 0.3) is 0 Å². The van der Waals surface area contributed by atoms with E-state index in [9.17, 15) is 0 Å². The third kappa shape index (κ3) is 3.13. The Labute approximate surface area is 117 Å². The lowest BCUT2D eigenvalue weighted by Gasteiger charge is -2.01. The summed E-state index contributed by atoms with van der Waals surface area (Å²) in [6.07, 6.45) is 4.12. The molecule has 6 nitrogen and oxygen atoms in total. The molecule has 0 amide bonds. The quantitative estimate of drug-likeness (QED) is 0.865. The third-order valence-electron chi connectivity index (χ3n) is 2.99. The van der Waals surface area contributed by atoms with Crippen LogP contribution in [0.4, 0.5) is 0 Å². The zero-order valence-corrected chi connectivity index (χ0v) is 11.9. The molecule has 2 heterocycles. The van der Waals surface area contributed by atoms with E-state index in [0.717, 1.165) is 29.9 Å². The Hall–Kier alpha value is -1.40. The van der Waals surface area contributed by atoms with Crippen molar-refractivity contribution < 1.29 is 5.11 Å². The highest BCUT2D eigenvalue weighted by Crippen LogP contribution is 2.21. The molecule has 0 radical (unpaired) electrons. The summed E-state index contributed by atoms with van der Waals surface area (Å²) in [7, 11) is 1.88. The van der Waals surface area contributed by atoms with Gasteiger partial charge in [-0.25, -0.2) is 4.68 Å². The van der Waals surface area contributed by atoms with Gasteiger partial charge >= 0.3 is 0 Å². The number of aromatic nitrogens is 5. The summed E-state index contributed by atoms with van der Waals surface area (Å²) in [6.45, 7) is 2.75. The van der Waals surface area contributed by atoms with Crippen molar-refractivity contribution in [3.8, 4) is 0 Å². The van der Waals surface area contributed by atoms with Gasteiger partial charge < -0.3 is 5.11 Å². The fourth-order valence-corrected chi connectivity index (χ4v) is 2.29. The van der Waals surface area contributed by atoms with Gasteiger partial charge in [-0.15, -0.1) is 5.10 Å². The Morgan fingerprint density at radius 1 is 1.42 bits per heavy atom. The zero-order valence-electron chi connectivity index (χ0n) is 11.2. The largest absolute Gasteiger partial charge is 0.396 e. The normalized spacial score (nSPS) is 11.2. The molecule has 1 N–H and O–H groups in total. The van der Waals surface area contributed by atoms with E-state index in [2.05, 4.69) is 15.4 Å². The van der Waals surface area contributed by atoms with Crippen LogP contribution in [0, 0.1) is 0 Å². The summed E-state index contributed by atoms with van der Waals surface area (Å²) >= 11 is 6.29. The number of aryl methyl sites for hydroxylation is 3. The maximum absolute atomic E-state index is 8.79. The number of aliphatic hydroxyl groups excluding tert-OH is 1. The summed E-state index contributed by atoms with van der Waals surface area (Å²) in [5.74, 6) is 0. The average Bonchev–Trinajstić information content (AvgIpc) is 2.96. The molecule has 0 aromatic carbocycles. The van der Waals surface area contributed by atoms with Crippen LogP contribution in [0.25, 0.3) is 0 Å². The van der Waals surface area contributed by atoms with E-state index >= 15 is 0 Å². The highest BCUT2D eigenvalue weighted by atomic mass is 35.5. The first-order chi connectivity index (χ1) is 9.15. The van der Waals surface area contributed by atoms with Crippen molar-refractivity contribution in [1.82, 2.24) is 24.8 Å². The summed E-state index contributed by atoms with van der Waals surface area (Å²) in [4.78, 5) is 0. The Bertz CT molecular complexity index is 548. The van der Waals surface area contributed by atoms with Crippen LogP contribution in [-0.2, 0) is 26.4 Å². The predicted molar refractivity (Wildman–Crippen MR) is 72.1 cm³/mol. The zero-order chi connectivity index (χ0) is 13.8. The van der Waals surface area contributed by atoms with Crippen molar-refractivity contribution in [2.75, 3.05) is 6.61 Å². The van der Waals surface area contributed by atoms with Crippen LogP contribution in [0.2, 0.25) is 5.02 Å². The second-order valence-electron chi connectivity index (χ2n) is 4.42. The van der Waals surface area contributed by atoms with E-state index in [-0.39, 0.29) is 6.61 Å². The second kappa shape index (κ2) is 6.16. The monoisotopic (exact) mass is 283 g/mol. The highest BCUT2D eigenvalue weighted by molar-refractivity contribution is 6.31. The van der Waals surface area contributed by atoms with Crippen LogP contribution in [-0.4, -0.2) is 36.5 Å². The van der Waals surface area contributed by atoms with Crippen LogP contribution in [0.1, 0.15) is 30.4 Å². The summed E-state index contributed by atoms with van der Waals surface area (Å²) < 4.78 is 3.53. The minimum Gasteiger partial charge on any atom is -0.396 e. The molecule has 0 spiro atoms. The molecule has 0 atom stereocenters. The summed E-state index contributed by atoms with van der Waals surface area (Å²) in [5, 5.41) is 22.0. The summed E-state index contributed by atoms with van der Waals surface area (Å²) in [6, 6.07) is 0. The van der Waals surface area contributed by atoms with E-state index in [0.29, 0.717) is 18.0 Å². The van der Waals surface area contributed by atoms with Gasteiger partial charge in [-0.3, -0.25) is 4.68 Å². The van der Waals surface area contributed by atoms with Crippen molar-refractivity contribution in [3.63, 3.8) is 0 Å². The first-order valence-electron chi connectivity index (χ1n) is 6.35. The van der Waals surface area contributed by atoms with E-state index in [1.54, 1.807) is 9.36 Å². The average molecular weight is 284 g/mol. The van der Waals surface area contributed by atoms with Gasteiger partial charge in [0.2, 0.25) is 0 Å². The Morgan fingerprint density at radius 2 is 2.21 bits per heavy atom. The van der Waals surface area contributed by atoms with Crippen LogP contribution in [0.5, 0.6) is 0 Å². The molecule has 0 unspecified atom stereocenters. The molecule has 104 valence electrons. The van der Waals surface area contributed by atoms with Gasteiger partial charge in [0.1, 0.15) is 0 Å². The fourth-order valence-electron chi connectivity index (χ4n) is 1.94. The molecule has 19 heavy (non-hydrogen) atoms. The standard InChI is InChI=1S/C12H18ClN5O/c1-3-10-12(13)11(17(2)15-10)8-18-7-9(14-16-18)5-4-6-19/h7,19H,3-6,8H2,1-2H3. The van der Waals surface area contributed by atoms with Gasteiger partial charge in [-0.2, -0.15) is 5.10 Å². The van der Waals surface area contributed by atoms with Gasteiger partial charge in [0.15, 0.2) is 0 Å². The maximum Gasteiger partial charge on any atom is 0.0869 e. The van der Waals surface area contributed by atoms with Crippen LogP contribution >= 0.6 is 11.6 Å². The molecule has 0 bridgehead atoms. The van der Waals surface area contributed by atoms with Crippen LogP contribution < -0.4 is 0 Å². The maximum atomic E-state index is 8.79. The van der Waals surface area contributed by atoms with E-state index < -0.39 is 0 Å². The number of hydrogen-bond donors (Lipinski definition) is 1. The van der Waals surface area contributed by atoms with Gasteiger partial charge in [-0.05, 0) is 19.3 Å². The van der Waals surface area contributed by atoms with Crippen LogP contribution in [0.3, 0.4) is 0 Å². The van der Waals surface area contributed by atoms with Crippen molar-refractivity contribution in [3.05, 3.63) is 28.3 Å². The van der Waals surface area contributed by atoms with Crippen molar-refractivity contribution >= 4 is 11.6 Å². The third-order valence-corrected chi connectivity index (χ3v) is 3.43. The SMILES string of the molecule is CCc1nn(C)c(Cn2cc(CCCO)nn2)c1Cl. The lowest BCUT2D eigenvalue weighted by molar-refractivity contribution is 0.288. The predicted octanol–water partition coefficient (Wildman–Crippen LogP) is 1.20. The molecule has 2 aromatic rings. The Kier molecular flexibility index (Phi) is 4.55. The molecule has 2 rings (SSSR count). The van der Waals surface area contributed by atoms with E-state index in [4.69, 9.17) is 16.7 Å². The second-order valence-corrected chi connectivity index (χ2v) is 4.80. The first kappa shape index (κ1) is 14.0. The van der Waals surface area contributed by atoms with Gasteiger partial charge in [0.05, 0.1) is 28.6 Å².